The fourth-order valence-corrected chi connectivity index (χ4v) is 4.12. The van der Waals surface area contributed by atoms with Crippen LogP contribution in [0.4, 0.5) is 5.69 Å². The standard InChI is InChI=1S/C17H17N3OS/c21-17(19-12-4-3-8-18-11-12)15-10-16-14(7-9-22-16)20(15)13-5-1-2-6-13/h3-4,7-11,13H,1-2,5-6H2,(H,19,21). The molecule has 0 radical (unpaired) electrons. The molecule has 1 fully saturated rings. The van der Waals surface area contributed by atoms with E-state index in [1.807, 2.05) is 18.2 Å². The first-order valence-corrected chi connectivity index (χ1v) is 8.51. The summed E-state index contributed by atoms with van der Waals surface area (Å²) in [4.78, 5) is 16.7. The minimum Gasteiger partial charge on any atom is -0.333 e. The van der Waals surface area contributed by atoms with Crippen molar-refractivity contribution in [2.75, 3.05) is 5.32 Å². The molecule has 0 saturated heterocycles. The predicted octanol–water partition coefficient (Wildman–Crippen LogP) is 4.47. The quantitative estimate of drug-likeness (QED) is 0.776. The van der Waals surface area contributed by atoms with Gasteiger partial charge in [0.25, 0.3) is 5.91 Å². The topological polar surface area (TPSA) is 46.9 Å². The van der Waals surface area contributed by atoms with Gasteiger partial charge in [0.2, 0.25) is 0 Å². The normalized spacial score (nSPS) is 15.5. The Balaban J connectivity index is 1.72. The summed E-state index contributed by atoms with van der Waals surface area (Å²) in [6.07, 6.45) is 8.19. The zero-order valence-electron chi connectivity index (χ0n) is 12.2. The number of carbonyl (C=O) groups excluding carboxylic acids is 1. The summed E-state index contributed by atoms with van der Waals surface area (Å²) in [5.74, 6) is -0.0525. The lowest BCUT2D eigenvalue weighted by Gasteiger charge is -2.17. The van der Waals surface area contributed by atoms with E-state index in [4.69, 9.17) is 0 Å². The number of carbonyl (C=O) groups is 1. The second kappa shape index (κ2) is 5.57. The molecule has 0 aliphatic heterocycles. The van der Waals surface area contributed by atoms with Crippen molar-refractivity contribution < 1.29 is 4.79 Å². The summed E-state index contributed by atoms with van der Waals surface area (Å²) in [6, 6.07) is 8.27. The van der Waals surface area contributed by atoms with Crippen molar-refractivity contribution in [1.29, 1.82) is 0 Å². The third kappa shape index (κ3) is 2.31. The number of fused-ring (bicyclic) bond motifs is 1. The third-order valence-electron chi connectivity index (χ3n) is 4.30. The summed E-state index contributed by atoms with van der Waals surface area (Å²) in [5.41, 5.74) is 2.68. The molecule has 1 aliphatic carbocycles. The largest absolute Gasteiger partial charge is 0.333 e. The van der Waals surface area contributed by atoms with Crippen molar-refractivity contribution in [1.82, 2.24) is 9.55 Å². The molecule has 0 aromatic carbocycles. The maximum absolute atomic E-state index is 12.7. The highest BCUT2D eigenvalue weighted by molar-refractivity contribution is 7.17. The van der Waals surface area contributed by atoms with Crippen molar-refractivity contribution in [3.05, 3.63) is 47.7 Å². The van der Waals surface area contributed by atoms with E-state index in [1.54, 1.807) is 23.7 Å². The molecule has 3 heterocycles. The van der Waals surface area contributed by atoms with Gasteiger partial charge in [0, 0.05) is 12.2 Å². The Morgan fingerprint density at radius 3 is 2.95 bits per heavy atom. The summed E-state index contributed by atoms with van der Waals surface area (Å²) in [5, 5.41) is 5.05. The van der Waals surface area contributed by atoms with Gasteiger partial charge >= 0.3 is 0 Å². The summed E-state index contributed by atoms with van der Waals surface area (Å²) >= 11 is 1.69. The minimum absolute atomic E-state index is 0.0525. The first-order valence-electron chi connectivity index (χ1n) is 7.63. The molecule has 5 heteroatoms. The molecule has 1 amide bonds. The van der Waals surface area contributed by atoms with Crippen LogP contribution in [0.25, 0.3) is 10.2 Å². The van der Waals surface area contributed by atoms with E-state index < -0.39 is 0 Å². The van der Waals surface area contributed by atoms with Gasteiger partial charge in [-0.15, -0.1) is 11.3 Å². The molecule has 22 heavy (non-hydrogen) atoms. The van der Waals surface area contributed by atoms with Crippen LogP contribution in [0.5, 0.6) is 0 Å². The van der Waals surface area contributed by atoms with Crippen LogP contribution in [0.15, 0.2) is 42.0 Å². The van der Waals surface area contributed by atoms with Crippen LogP contribution in [0, 0.1) is 0 Å². The molecule has 4 rings (SSSR count). The van der Waals surface area contributed by atoms with Gasteiger partial charge in [-0.3, -0.25) is 9.78 Å². The number of amides is 1. The second-order valence-electron chi connectivity index (χ2n) is 5.70. The SMILES string of the molecule is O=C(Nc1cccnc1)c1cc2sccc2n1C1CCCC1. The molecule has 4 nitrogen and oxygen atoms in total. The van der Waals surface area contributed by atoms with Crippen molar-refractivity contribution >= 4 is 33.1 Å². The molecule has 3 aromatic heterocycles. The van der Waals surface area contributed by atoms with Gasteiger partial charge in [-0.25, -0.2) is 0 Å². The number of aromatic nitrogens is 2. The highest BCUT2D eigenvalue weighted by atomic mass is 32.1. The van der Waals surface area contributed by atoms with Crippen LogP contribution in [-0.2, 0) is 0 Å². The zero-order valence-corrected chi connectivity index (χ0v) is 13.0. The van der Waals surface area contributed by atoms with Gasteiger partial charge in [-0.05, 0) is 42.5 Å². The summed E-state index contributed by atoms with van der Waals surface area (Å²) in [6.45, 7) is 0. The lowest BCUT2D eigenvalue weighted by atomic mass is 10.2. The van der Waals surface area contributed by atoms with Crippen LogP contribution < -0.4 is 5.32 Å². The molecule has 3 aromatic rings. The number of nitrogens with one attached hydrogen (secondary N) is 1. The number of hydrogen-bond donors (Lipinski definition) is 1. The van der Waals surface area contributed by atoms with Gasteiger partial charge in [0.05, 0.1) is 22.1 Å². The van der Waals surface area contributed by atoms with E-state index in [0.717, 1.165) is 24.2 Å². The van der Waals surface area contributed by atoms with E-state index >= 15 is 0 Å². The lowest BCUT2D eigenvalue weighted by Crippen LogP contribution is -2.19. The minimum atomic E-state index is -0.0525. The number of pyridine rings is 1. The van der Waals surface area contributed by atoms with Crippen LogP contribution in [0.3, 0.4) is 0 Å². The van der Waals surface area contributed by atoms with Crippen molar-refractivity contribution in [3.63, 3.8) is 0 Å². The van der Waals surface area contributed by atoms with Crippen LogP contribution >= 0.6 is 11.3 Å². The van der Waals surface area contributed by atoms with E-state index in [1.165, 1.54) is 23.1 Å². The van der Waals surface area contributed by atoms with Gasteiger partial charge in [-0.2, -0.15) is 0 Å². The molecule has 112 valence electrons. The molecule has 0 atom stereocenters. The number of hydrogen-bond acceptors (Lipinski definition) is 3. The van der Waals surface area contributed by atoms with Crippen LogP contribution in [0.2, 0.25) is 0 Å². The Morgan fingerprint density at radius 1 is 1.32 bits per heavy atom. The Kier molecular flexibility index (Phi) is 3.42. The smallest absolute Gasteiger partial charge is 0.272 e. The van der Waals surface area contributed by atoms with E-state index in [9.17, 15) is 4.79 Å². The van der Waals surface area contributed by atoms with E-state index in [2.05, 4.69) is 26.3 Å². The first kappa shape index (κ1) is 13.5. The van der Waals surface area contributed by atoms with E-state index in [0.29, 0.717) is 6.04 Å². The number of nitrogens with zero attached hydrogens (tertiary/aromatic N) is 2. The maximum Gasteiger partial charge on any atom is 0.272 e. The van der Waals surface area contributed by atoms with Crippen molar-refractivity contribution in [2.45, 2.75) is 31.7 Å². The summed E-state index contributed by atoms with van der Waals surface area (Å²) in [7, 11) is 0. The lowest BCUT2D eigenvalue weighted by molar-refractivity contribution is 0.101. The molecular formula is C17H17N3OS. The monoisotopic (exact) mass is 311 g/mol. The average molecular weight is 311 g/mol. The fraction of sp³-hybridized carbons (Fsp3) is 0.294. The third-order valence-corrected chi connectivity index (χ3v) is 5.16. The van der Waals surface area contributed by atoms with Gasteiger partial charge in [-0.1, -0.05) is 12.8 Å². The Morgan fingerprint density at radius 2 is 2.18 bits per heavy atom. The molecule has 1 N–H and O–H groups in total. The van der Waals surface area contributed by atoms with Crippen LogP contribution in [0.1, 0.15) is 42.2 Å². The van der Waals surface area contributed by atoms with Gasteiger partial charge in [0.1, 0.15) is 5.69 Å². The van der Waals surface area contributed by atoms with Gasteiger partial charge in [0.15, 0.2) is 0 Å². The predicted molar refractivity (Wildman–Crippen MR) is 89.5 cm³/mol. The fourth-order valence-electron chi connectivity index (χ4n) is 3.31. The Labute approximate surface area is 132 Å². The second-order valence-corrected chi connectivity index (χ2v) is 6.65. The van der Waals surface area contributed by atoms with E-state index in [-0.39, 0.29) is 5.91 Å². The molecule has 0 unspecified atom stereocenters. The zero-order chi connectivity index (χ0) is 14.9. The first-order chi connectivity index (χ1) is 10.8. The summed E-state index contributed by atoms with van der Waals surface area (Å²) < 4.78 is 3.42. The van der Waals surface area contributed by atoms with Crippen LogP contribution in [-0.4, -0.2) is 15.5 Å². The Hall–Kier alpha value is -2.14. The Bertz CT molecular complexity index is 800. The molecule has 1 saturated carbocycles. The molecule has 0 bridgehead atoms. The van der Waals surface area contributed by atoms with Crippen molar-refractivity contribution in [3.8, 4) is 0 Å². The molecule has 1 aliphatic rings. The molecule has 0 spiro atoms. The number of anilines is 1. The number of rotatable bonds is 3. The molecular weight excluding hydrogens is 294 g/mol. The number of thiophene rings is 1. The highest BCUT2D eigenvalue weighted by Gasteiger charge is 2.25. The van der Waals surface area contributed by atoms with Crippen molar-refractivity contribution in [2.24, 2.45) is 0 Å². The maximum atomic E-state index is 12.7. The average Bonchev–Trinajstić information content (AvgIpc) is 3.24. The van der Waals surface area contributed by atoms with Gasteiger partial charge < -0.3 is 9.88 Å². The highest BCUT2D eigenvalue weighted by Crippen LogP contribution is 2.36.